The van der Waals surface area contributed by atoms with Crippen molar-refractivity contribution in [3.63, 3.8) is 0 Å². The minimum Gasteiger partial charge on any atom is -0.496 e. The number of methoxy groups -OCH3 is 1. The number of para-hydroxylation sites is 1. The van der Waals surface area contributed by atoms with Gasteiger partial charge in [-0.25, -0.2) is 0 Å². The molecule has 2 aromatic rings. The molecule has 0 aliphatic heterocycles. The van der Waals surface area contributed by atoms with E-state index in [9.17, 15) is 0 Å². The quantitative estimate of drug-likeness (QED) is 0.604. The first-order chi connectivity index (χ1) is 9.29. The van der Waals surface area contributed by atoms with Crippen molar-refractivity contribution >= 4 is 6.21 Å². The highest BCUT2D eigenvalue weighted by molar-refractivity contribution is 5.82. The zero-order valence-electron chi connectivity index (χ0n) is 11.1. The highest BCUT2D eigenvalue weighted by atomic mass is 16.6. The molecule has 2 rings (SSSR count). The monoisotopic (exact) mass is 254 g/mol. The molecule has 0 atom stereocenters. The molecule has 0 aliphatic carbocycles. The third-order valence-corrected chi connectivity index (χ3v) is 2.69. The van der Waals surface area contributed by atoms with Gasteiger partial charge in [-0.05, 0) is 24.6 Å². The van der Waals surface area contributed by atoms with Crippen molar-refractivity contribution in [3.05, 3.63) is 65.2 Å². The normalized spacial score (nSPS) is 10.6. The van der Waals surface area contributed by atoms with Gasteiger partial charge in [0.15, 0.2) is 0 Å². The van der Waals surface area contributed by atoms with E-state index in [2.05, 4.69) is 18.3 Å². The molecule has 3 nitrogen and oxygen atoms in total. The van der Waals surface area contributed by atoms with E-state index in [0.717, 1.165) is 16.9 Å². The van der Waals surface area contributed by atoms with Crippen molar-refractivity contribution in [2.75, 3.05) is 7.11 Å². The average molecular weight is 254 g/mol. The molecule has 19 heavy (non-hydrogen) atoms. The fraction of sp³-hybridized carbons (Fsp3) is 0.188. The standard InChI is InChI=1S/C16H16NO2/c1-13-7-9-14(10-8-13)12-19-17-11-15-5-3-4-6-16(15)18-2/h3-10H,12H2,1-2H3. The van der Waals surface area contributed by atoms with Gasteiger partial charge < -0.3 is 9.57 Å². The molecular weight excluding hydrogens is 238 g/mol. The summed E-state index contributed by atoms with van der Waals surface area (Å²) in [7, 11) is 1.62. The van der Waals surface area contributed by atoms with Crippen LogP contribution in [0.25, 0.3) is 0 Å². The molecule has 2 aromatic carbocycles. The highest BCUT2D eigenvalue weighted by Gasteiger charge is 1.98. The first kappa shape index (κ1) is 13.1. The Morgan fingerprint density at radius 2 is 1.79 bits per heavy atom. The fourth-order valence-electron chi connectivity index (χ4n) is 1.61. The van der Waals surface area contributed by atoms with Gasteiger partial charge in [0, 0.05) is 5.56 Å². The summed E-state index contributed by atoms with van der Waals surface area (Å²) in [5.41, 5.74) is 3.08. The summed E-state index contributed by atoms with van der Waals surface area (Å²) >= 11 is 0. The van der Waals surface area contributed by atoms with Crippen LogP contribution in [0.3, 0.4) is 0 Å². The van der Waals surface area contributed by atoms with E-state index < -0.39 is 0 Å². The first-order valence-electron chi connectivity index (χ1n) is 6.06. The van der Waals surface area contributed by atoms with Crippen molar-refractivity contribution in [2.24, 2.45) is 5.16 Å². The second-order valence-corrected chi connectivity index (χ2v) is 4.16. The van der Waals surface area contributed by atoms with Crippen molar-refractivity contribution in [3.8, 4) is 5.75 Å². The van der Waals surface area contributed by atoms with Gasteiger partial charge in [-0.15, -0.1) is 0 Å². The maximum atomic E-state index is 5.22. The van der Waals surface area contributed by atoms with Crippen LogP contribution in [-0.2, 0) is 11.4 Å². The Kier molecular flexibility index (Phi) is 4.56. The van der Waals surface area contributed by atoms with Gasteiger partial charge >= 0.3 is 0 Å². The van der Waals surface area contributed by atoms with Crippen LogP contribution < -0.4 is 4.74 Å². The number of hydrogen-bond donors (Lipinski definition) is 0. The van der Waals surface area contributed by atoms with Crippen molar-refractivity contribution in [1.82, 2.24) is 0 Å². The topological polar surface area (TPSA) is 30.8 Å². The van der Waals surface area contributed by atoms with Crippen LogP contribution in [-0.4, -0.2) is 13.3 Å². The van der Waals surface area contributed by atoms with Gasteiger partial charge in [0.05, 0.1) is 7.11 Å². The summed E-state index contributed by atoms with van der Waals surface area (Å²) < 4.78 is 5.20. The summed E-state index contributed by atoms with van der Waals surface area (Å²) in [6.07, 6.45) is 2.82. The van der Waals surface area contributed by atoms with Crippen LogP contribution in [0.4, 0.5) is 0 Å². The third-order valence-electron chi connectivity index (χ3n) is 2.69. The van der Waals surface area contributed by atoms with Crippen LogP contribution in [0.5, 0.6) is 5.75 Å². The van der Waals surface area contributed by atoms with E-state index >= 15 is 0 Å². The molecule has 0 unspecified atom stereocenters. The number of ether oxygens (including phenoxy) is 1. The molecule has 0 saturated heterocycles. The molecule has 0 heterocycles. The minimum absolute atomic E-state index is 0.433. The SMILES string of the molecule is COc1ccccc1/[C]=N\OCc1ccc(C)cc1. The Morgan fingerprint density at radius 3 is 2.53 bits per heavy atom. The van der Waals surface area contributed by atoms with Gasteiger partial charge in [0.1, 0.15) is 18.6 Å². The Balaban J connectivity index is 1.91. The molecule has 0 bridgehead atoms. The van der Waals surface area contributed by atoms with E-state index in [1.54, 1.807) is 7.11 Å². The number of nitrogens with zero attached hydrogens (tertiary/aromatic N) is 1. The number of benzene rings is 2. The van der Waals surface area contributed by atoms with Crippen molar-refractivity contribution in [1.29, 1.82) is 0 Å². The lowest BCUT2D eigenvalue weighted by Crippen LogP contribution is -1.91. The van der Waals surface area contributed by atoms with Gasteiger partial charge in [-0.3, -0.25) is 0 Å². The molecular formula is C16H16NO2. The predicted molar refractivity (Wildman–Crippen MR) is 75.5 cm³/mol. The highest BCUT2D eigenvalue weighted by Crippen LogP contribution is 2.14. The molecule has 3 heteroatoms. The van der Waals surface area contributed by atoms with Gasteiger partial charge in [0.2, 0.25) is 0 Å². The first-order valence-corrected chi connectivity index (χ1v) is 6.06. The number of hydrogen-bond acceptors (Lipinski definition) is 3. The van der Waals surface area contributed by atoms with E-state index in [1.807, 2.05) is 48.5 Å². The smallest absolute Gasteiger partial charge is 0.143 e. The molecule has 1 radical (unpaired) electrons. The van der Waals surface area contributed by atoms with E-state index in [1.165, 1.54) is 5.56 Å². The van der Waals surface area contributed by atoms with Gasteiger partial charge in [-0.1, -0.05) is 47.1 Å². The molecule has 0 aromatic heterocycles. The fourth-order valence-corrected chi connectivity index (χ4v) is 1.61. The summed E-state index contributed by atoms with van der Waals surface area (Å²) in [6, 6.07) is 15.7. The minimum atomic E-state index is 0.433. The maximum absolute atomic E-state index is 5.22. The Morgan fingerprint density at radius 1 is 1.05 bits per heavy atom. The molecule has 0 spiro atoms. The molecule has 0 amide bonds. The predicted octanol–water partition coefficient (Wildman–Crippen LogP) is 3.43. The molecule has 0 saturated carbocycles. The maximum Gasteiger partial charge on any atom is 0.143 e. The number of rotatable bonds is 5. The van der Waals surface area contributed by atoms with Crippen molar-refractivity contribution in [2.45, 2.75) is 13.5 Å². The Labute approximate surface area is 113 Å². The lowest BCUT2D eigenvalue weighted by atomic mass is 10.2. The second kappa shape index (κ2) is 6.59. The molecule has 0 aliphatic rings. The van der Waals surface area contributed by atoms with Crippen LogP contribution in [0.15, 0.2) is 53.7 Å². The summed E-state index contributed by atoms with van der Waals surface area (Å²) in [5, 5.41) is 3.84. The van der Waals surface area contributed by atoms with Crippen LogP contribution in [0.2, 0.25) is 0 Å². The summed E-state index contributed by atoms with van der Waals surface area (Å²) in [6.45, 7) is 2.49. The second-order valence-electron chi connectivity index (χ2n) is 4.16. The average Bonchev–Trinajstić information content (AvgIpc) is 2.46. The summed E-state index contributed by atoms with van der Waals surface area (Å²) in [4.78, 5) is 5.22. The van der Waals surface area contributed by atoms with Crippen LogP contribution in [0, 0.1) is 6.92 Å². The zero-order valence-corrected chi connectivity index (χ0v) is 11.1. The Hall–Kier alpha value is -2.29. The number of aryl methyl sites for hydroxylation is 1. The van der Waals surface area contributed by atoms with Crippen LogP contribution in [0.1, 0.15) is 16.7 Å². The van der Waals surface area contributed by atoms with Crippen LogP contribution >= 0.6 is 0 Å². The Bertz CT molecular complexity index is 547. The van der Waals surface area contributed by atoms with Gasteiger partial charge in [-0.2, -0.15) is 0 Å². The molecule has 0 fully saturated rings. The zero-order chi connectivity index (χ0) is 13.5. The summed E-state index contributed by atoms with van der Waals surface area (Å²) in [5.74, 6) is 0.727. The van der Waals surface area contributed by atoms with Gasteiger partial charge in [0.25, 0.3) is 0 Å². The molecule has 0 N–H and O–H groups in total. The lowest BCUT2D eigenvalue weighted by molar-refractivity contribution is 0.132. The lowest BCUT2D eigenvalue weighted by Gasteiger charge is -2.02. The third kappa shape index (κ3) is 3.85. The van der Waals surface area contributed by atoms with E-state index in [-0.39, 0.29) is 0 Å². The largest absolute Gasteiger partial charge is 0.496 e. The molecule has 97 valence electrons. The van der Waals surface area contributed by atoms with Crippen molar-refractivity contribution < 1.29 is 9.57 Å². The van der Waals surface area contributed by atoms with E-state index in [0.29, 0.717) is 6.61 Å². The van der Waals surface area contributed by atoms with E-state index in [4.69, 9.17) is 9.57 Å².